The lowest BCUT2D eigenvalue weighted by molar-refractivity contribution is 0.335. The second-order valence-electron chi connectivity index (χ2n) is 4.76. The highest BCUT2D eigenvalue weighted by atomic mass is 19.2. The third-order valence-electron chi connectivity index (χ3n) is 3.76. The first-order valence-electron chi connectivity index (χ1n) is 6.09. The lowest BCUT2D eigenvalue weighted by Crippen LogP contribution is -2.16. The largest absolute Gasteiger partial charge is 0.209 e. The van der Waals surface area contributed by atoms with E-state index in [1.807, 2.05) is 12.2 Å². The Hall–Kier alpha value is -0.920. The fourth-order valence-corrected chi connectivity index (χ4v) is 2.72. The maximum absolute atomic E-state index is 13.6. The van der Waals surface area contributed by atoms with Crippen LogP contribution in [0.1, 0.15) is 38.5 Å². The number of halogens is 2. The summed E-state index contributed by atoms with van der Waals surface area (Å²) in [5, 5.41) is 0. The molecular weight excluding hydrogens is 206 g/mol. The van der Waals surface area contributed by atoms with E-state index in [2.05, 4.69) is 6.58 Å². The van der Waals surface area contributed by atoms with E-state index in [9.17, 15) is 8.78 Å². The average molecular weight is 224 g/mol. The van der Waals surface area contributed by atoms with Gasteiger partial charge in [0, 0.05) is 6.42 Å². The van der Waals surface area contributed by atoms with E-state index in [1.165, 1.54) is 0 Å². The molecule has 0 aromatic heterocycles. The van der Waals surface area contributed by atoms with Crippen LogP contribution in [0.25, 0.3) is 0 Å². The summed E-state index contributed by atoms with van der Waals surface area (Å²) >= 11 is 0. The van der Waals surface area contributed by atoms with Crippen LogP contribution in [0.2, 0.25) is 0 Å². The molecule has 0 amide bonds. The van der Waals surface area contributed by atoms with Crippen LogP contribution >= 0.6 is 0 Å². The van der Waals surface area contributed by atoms with Crippen LogP contribution in [0.3, 0.4) is 0 Å². The normalized spacial score (nSPS) is 31.2. The van der Waals surface area contributed by atoms with Crippen molar-refractivity contribution in [2.24, 2.45) is 11.8 Å². The molecule has 2 aliphatic carbocycles. The zero-order valence-electron chi connectivity index (χ0n) is 9.52. The molecule has 0 bridgehead atoms. The van der Waals surface area contributed by atoms with E-state index in [0.29, 0.717) is 17.9 Å². The van der Waals surface area contributed by atoms with Crippen LogP contribution in [-0.2, 0) is 0 Å². The average Bonchev–Trinajstić information content (AvgIpc) is 2.33. The molecule has 88 valence electrons. The highest BCUT2D eigenvalue weighted by Crippen LogP contribution is 2.40. The first-order chi connectivity index (χ1) is 7.72. The molecule has 0 heterocycles. The summed E-state index contributed by atoms with van der Waals surface area (Å²) in [6, 6.07) is 0. The van der Waals surface area contributed by atoms with Crippen LogP contribution in [0.5, 0.6) is 0 Å². The molecule has 0 unspecified atom stereocenters. The predicted octanol–water partition coefficient (Wildman–Crippen LogP) is 4.85. The van der Waals surface area contributed by atoms with Gasteiger partial charge in [-0.3, -0.25) is 0 Å². The van der Waals surface area contributed by atoms with Crippen LogP contribution in [0.4, 0.5) is 8.78 Å². The Morgan fingerprint density at radius 3 is 2.50 bits per heavy atom. The molecule has 0 aromatic carbocycles. The summed E-state index contributed by atoms with van der Waals surface area (Å²) in [5.74, 6) is -0.337. The molecule has 16 heavy (non-hydrogen) atoms. The molecule has 1 saturated carbocycles. The van der Waals surface area contributed by atoms with E-state index in [0.717, 1.165) is 25.7 Å². The van der Waals surface area contributed by atoms with E-state index < -0.39 is 11.7 Å². The summed E-state index contributed by atoms with van der Waals surface area (Å²) in [5.41, 5.74) is 0.631. The van der Waals surface area contributed by atoms with Crippen molar-refractivity contribution in [3.8, 4) is 0 Å². The number of allylic oxidation sites excluding steroid dienone is 5. The van der Waals surface area contributed by atoms with Crippen molar-refractivity contribution >= 4 is 0 Å². The van der Waals surface area contributed by atoms with Crippen molar-refractivity contribution in [2.45, 2.75) is 38.5 Å². The molecule has 0 saturated heterocycles. The molecule has 0 nitrogen and oxygen atoms in total. The third-order valence-corrected chi connectivity index (χ3v) is 3.76. The molecule has 2 aliphatic rings. The molecule has 0 atom stereocenters. The summed E-state index contributed by atoms with van der Waals surface area (Å²) in [6.07, 6.45) is 8.79. The molecule has 0 radical (unpaired) electrons. The Balaban J connectivity index is 2.04. The van der Waals surface area contributed by atoms with Gasteiger partial charge in [0.1, 0.15) is 5.83 Å². The SMILES string of the molecule is C=CC1CCC(C2=CCCC(F)=C2F)CC1. The van der Waals surface area contributed by atoms with Gasteiger partial charge in [-0.1, -0.05) is 12.2 Å². The Morgan fingerprint density at radius 2 is 1.88 bits per heavy atom. The number of hydrogen-bond acceptors (Lipinski definition) is 0. The van der Waals surface area contributed by atoms with Gasteiger partial charge in [-0.2, -0.15) is 0 Å². The quantitative estimate of drug-likeness (QED) is 0.588. The van der Waals surface area contributed by atoms with Crippen molar-refractivity contribution in [1.29, 1.82) is 0 Å². The molecule has 2 heteroatoms. The molecule has 0 aromatic rings. The van der Waals surface area contributed by atoms with E-state index in [-0.39, 0.29) is 12.3 Å². The minimum atomic E-state index is -0.576. The van der Waals surface area contributed by atoms with Gasteiger partial charge >= 0.3 is 0 Å². The second-order valence-corrected chi connectivity index (χ2v) is 4.76. The molecule has 0 N–H and O–H groups in total. The third kappa shape index (κ3) is 2.26. The molecule has 2 rings (SSSR count). The minimum Gasteiger partial charge on any atom is -0.209 e. The summed E-state index contributed by atoms with van der Waals surface area (Å²) < 4.78 is 26.8. The van der Waals surface area contributed by atoms with Crippen molar-refractivity contribution < 1.29 is 8.78 Å². The maximum atomic E-state index is 13.6. The van der Waals surface area contributed by atoms with Gasteiger partial charge in [-0.05, 0) is 49.5 Å². The van der Waals surface area contributed by atoms with Crippen LogP contribution in [-0.4, -0.2) is 0 Å². The highest BCUT2D eigenvalue weighted by molar-refractivity contribution is 5.33. The van der Waals surface area contributed by atoms with Crippen molar-refractivity contribution in [3.63, 3.8) is 0 Å². The lowest BCUT2D eigenvalue weighted by atomic mass is 9.77. The van der Waals surface area contributed by atoms with E-state index >= 15 is 0 Å². The topological polar surface area (TPSA) is 0 Å². The smallest absolute Gasteiger partial charge is 0.157 e. The Kier molecular flexibility index (Phi) is 3.57. The van der Waals surface area contributed by atoms with Crippen LogP contribution in [0.15, 0.2) is 36.0 Å². The fourth-order valence-electron chi connectivity index (χ4n) is 2.72. The minimum absolute atomic E-state index is 0.224. The second kappa shape index (κ2) is 4.94. The fraction of sp³-hybridized carbons (Fsp3) is 0.571. The van der Waals surface area contributed by atoms with Crippen molar-refractivity contribution in [2.75, 3.05) is 0 Å². The molecular formula is C14H18F2. The number of rotatable bonds is 2. The van der Waals surface area contributed by atoms with Gasteiger partial charge in [0.15, 0.2) is 5.83 Å². The van der Waals surface area contributed by atoms with E-state index in [4.69, 9.17) is 0 Å². The van der Waals surface area contributed by atoms with Gasteiger partial charge in [-0.15, -0.1) is 6.58 Å². The van der Waals surface area contributed by atoms with Gasteiger partial charge < -0.3 is 0 Å². The van der Waals surface area contributed by atoms with Crippen LogP contribution in [0, 0.1) is 11.8 Å². The molecule has 0 spiro atoms. The summed E-state index contributed by atoms with van der Waals surface area (Å²) in [6.45, 7) is 3.79. The Bertz CT molecular complexity index is 331. The first-order valence-corrected chi connectivity index (χ1v) is 6.09. The summed E-state index contributed by atoms with van der Waals surface area (Å²) in [4.78, 5) is 0. The van der Waals surface area contributed by atoms with Crippen LogP contribution < -0.4 is 0 Å². The Labute approximate surface area is 95.7 Å². The zero-order valence-corrected chi connectivity index (χ0v) is 9.52. The first kappa shape index (κ1) is 11.6. The van der Waals surface area contributed by atoms with Crippen molar-refractivity contribution in [3.05, 3.63) is 36.0 Å². The standard InChI is InChI=1S/C14H18F2/c1-2-10-6-8-11(9-7-10)12-4-3-5-13(15)14(12)16/h2,4,10-11H,1,3,5-9H2. The van der Waals surface area contributed by atoms with Gasteiger partial charge in [0.25, 0.3) is 0 Å². The van der Waals surface area contributed by atoms with Gasteiger partial charge in [-0.25, -0.2) is 8.78 Å². The van der Waals surface area contributed by atoms with Gasteiger partial charge in [0.05, 0.1) is 0 Å². The zero-order chi connectivity index (χ0) is 11.5. The maximum Gasteiger partial charge on any atom is 0.157 e. The lowest BCUT2D eigenvalue weighted by Gasteiger charge is -2.29. The Morgan fingerprint density at radius 1 is 1.19 bits per heavy atom. The summed E-state index contributed by atoms with van der Waals surface area (Å²) in [7, 11) is 0. The van der Waals surface area contributed by atoms with Crippen molar-refractivity contribution in [1.82, 2.24) is 0 Å². The van der Waals surface area contributed by atoms with Gasteiger partial charge in [0.2, 0.25) is 0 Å². The highest BCUT2D eigenvalue weighted by Gasteiger charge is 2.27. The molecule has 0 aliphatic heterocycles. The number of hydrogen-bond donors (Lipinski definition) is 0. The molecule has 1 fully saturated rings. The monoisotopic (exact) mass is 224 g/mol. The predicted molar refractivity (Wildman–Crippen MR) is 62.2 cm³/mol. The van der Waals surface area contributed by atoms with E-state index in [1.54, 1.807) is 0 Å².